The molecule has 1 aliphatic heterocycles. The molecular formula is C24H27ClN6O3S. The van der Waals surface area contributed by atoms with E-state index in [1.807, 2.05) is 32.0 Å². The van der Waals surface area contributed by atoms with Crippen LogP contribution < -0.4 is 0 Å². The van der Waals surface area contributed by atoms with Gasteiger partial charge in [-0.15, -0.1) is 5.10 Å². The number of hydrogen-bond donors (Lipinski definition) is 0. The average Bonchev–Trinajstić information content (AvgIpc) is 3.26. The molecule has 1 aromatic carbocycles. The Morgan fingerprint density at radius 3 is 2.40 bits per heavy atom. The number of halogens is 1. The molecule has 184 valence electrons. The van der Waals surface area contributed by atoms with Gasteiger partial charge in [-0.2, -0.15) is 0 Å². The number of ether oxygens (including phenoxy) is 1. The van der Waals surface area contributed by atoms with Crippen LogP contribution in [-0.4, -0.2) is 61.4 Å². The minimum absolute atomic E-state index is 0.180. The van der Waals surface area contributed by atoms with Crippen LogP contribution in [0.2, 0.25) is 5.02 Å². The highest BCUT2D eigenvalue weighted by molar-refractivity contribution is 7.98. The van der Waals surface area contributed by atoms with Gasteiger partial charge in [0, 0.05) is 35.3 Å². The lowest BCUT2D eigenvalue weighted by atomic mass is 9.97. The molecule has 4 rings (SSSR count). The van der Waals surface area contributed by atoms with Crippen LogP contribution in [0.15, 0.2) is 35.5 Å². The molecule has 35 heavy (non-hydrogen) atoms. The first-order chi connectivity index (χ1) is 16.9. The Hall–Kier alpha value is -2.98. The first kappa shape index (κ1) is 25.1. The molecule has 0 bridgehead atoms. The number of rotatable bonds is 7. The van der Waals surface area contributed by atoms with E-state index in [0.29, 0.717) is 54.2 Å². The quantitative estimate of drug-likeness (QED) is 0.264. The summed E-state index contributed by atoms with van der Waals surface area (Å²) in [4.78, 5) is 36.3. The highest BCUT2D eigenvalue weighted by Crippen LogP contribution is 2.26. The lowest BCUT2D eigenvalue weighted by molar-refractivity contribution is -0.149. The lowest BCUT2D eigenvalue weighted by Gasteiger charge is -2.30. The van der Waals surface area contributed by atoms with Crippen LogP contribution in [0.4, 0.5) is 0 Å². The molecule has 11 heteroatoms. The summed E-state index contributed by atoms with van der Waals surface area (Å²) < 4.78 is 6.80. The van der Waals surface area contributed by atoms with Crippen molar-refractivity contribution in [3.63, 3.8) is 0 Å². The Kier molecular flexibility index (Phi) is 8.02. The predicted molar refractivity (Wildman–Crippen MR) is 133 cm³/mol. The monoisotopic (exact) mass is 514 g/mol. The van der Waals surface area contributed by atoms with Crippen molar-refractivity contribution >= 4 is 35.2 Å². The molecule has 0 aliphatic carbocycles. The number of aryl methyl sites for hydroxylation is 2. The van der Waals surface area contributed by atoms with Crippen molar-refractivity contribution in [1.82, 2.24) is 29.9 Å². The van der Waals surface area contributed by atoms with Crippen LogP contribution in [-0.2, 0) is 15.3 Å². The van der Waals surface area contributed by atoms with Gasteiger partial charge in [0.05, 0.1) is 23.9 Å². The third-order valence-corrected chi connectivity index (χ3v) is 6.85. The second kappa shape index (κ2) is 11.2. The van der Waals surface area contributed by atoms with Crippen LogP contribution >= 0.6 is 23.4 Å². The molecule has 0 radical (unpaired) electrons. The zero-order chi connectivity index (χ0) is 24.9. The van der Waals surface area contributed by atoms with Crippen molar-refractivity contribution in [2.45, 2.75) is 44.5 Å². The molecule has 0 atom stereocenters. The van der Waals surface area contributed by atoms with Crippen LogP contribution in [0, 0.1) is 19.8 Å². The van der Waals surface area contributed by atoms with Crippen LogP contribution in [0.3, 0.4) is 0 Å². The van der Waals surface area contributed by atoms with Gasteiger partial charge in [0.2, 0.25) is 0 Å². The molecule has 0 N–H and O–H groups in total. The third kappa shape index (κ3) is 5.99. The standard InChI is InChI=1S/C24H27ClN6O3S/c1-4-34-23(33)17-9-11-30(12-10-17)22(32)21-20(14-35-24-26-15(2)13-16(3)27-24)31(29-28-21)19-7-5-18(25)6-8-19/h5-8,13,17H,4,9-12,14H2,1-3H3. The van der Waals surface area contributed by atoms with Crippen molar-refractivity contribution in [2.24, 2.45) is 5.92 Å². The van der Waals surface area contributed by atoms with Gasteiger partial charge < -0.3 is 9.64 Å². The number of carbonyl (C=O) groups excluding carboxylic acids is 2. The fourth-order valence-electron chi connectivity index (χ4n) is 4.01. The highest BCUT2D eigenvalue weighted by Gasteiger charge is 2.31. The Bertz CT molecular complexity index is 1190. The molecule has 9 nitrogen and oxygen atoms in total. The van der Waals surface area contributed by atoms with Crippen molar-refractivity contribution in [1.29, 1.82) is 0 Å². The number of hydrogen-bond acceptors (Lipinski definition) is 8. The van der Waals surface area contributed by atoms with E-state index in [2.05, 4.69) is 20.3 Å². The zero-order valence-corrected chi connectivity index (χ0v) is 21.5. The maximum atomic E-state index is 13.5. The molecule has 3 heterocycles. The minimum Gasteiger partial charge on any atom is -0.466 e. The molecule has 1 saturated heterocycles. The number of nitrogens with zero attached hydrogens (tertiary/aromatic N) is 6. The van der Waals surface area contributed by atoms with Gasteiger partial charge in [0.25, 0.3) is 5.91 Å². The number of esters is 1. The van der Waals surface area contributed by atoms with Crippen LogP contribution in [0.1, 0.15) is 47.3 Å². The van der Waals surface area contributed by atoms with Crippen molar-refractivity contribution in [3.8, 4) is 5.69 Å². The predicted octanol–water partition coefficient (Wildman–Crippen LogP) is 4.04. The van der Waals surface area contributed by atoms with Crippen molar-refractivity contribution < 1.29 is 14.3 Å². The third-order valence-electron chi connectivity index (χ3n) is 5.74. The topological polar surface area (TPSA) is 103 Å². The van der Waals surface area contributed by atoms with Gasteiger partial charge in [0.1, 0.15) is 0 Å². The minimum atomic E-state index is -0.204. The van der Waals surface area contributed by atoms with Gasteiger partial charge >= 0.3 is 5.97 Å². The Morgan fingerprint density at radius 1 is 1.11 bits per heavy atom. The molecular weight excluding hydrogens is 488 g/mol. The molecule has 3 aromatic rings. The van der Waals surface area contributed by atoms with Crippen LogP contribution in [0.25, 0.3) is 5.69 Å². The van der Waals surface area contributed by atoms with E-state index < -0.39 is 0 Å². The summed E-state index contributed by atoms with van der Waals surface area (Å²) in [5, 5.41) is 9.79. The Balaban J connectivity index is 1.58. The van der Waals surface area contributed by atoms with E-state index in [-0.39, 0.29) is 23.5 Å². The molecule has 0 unspecified atom stereocenters. The van der Waals surface area contributed by atoms with Gasteiger partial charge in [-0.3, -0.25) is 9.59 Å². The number of likely N-dealkylation sites (tertiary alicyclic amines) is 1. The van der Waals surface area contributed by atoms with E-state index in [9.17, 15) is 9.59 Å². The first-order valence-electron chi connectivity index (χ1n) is 11.5. The summed E-state index contributed by atoms with van der Waals surface area (Å²) in [5.74, 6) is -0.178. The molecule has 1 fully saturated rings. The molecule has 0 saturated carbocycles. The van der Waals surface area contributed by atoms with E-state index >= 15 is 0 Å². The zero-order valence-electron chi connectivity index (χ0n) is 19.9. The van der Waals surface area contributed by atoms with Gasteiger partial charge in [0.15, 0.2) is 10.9 Å². The van der Waals surface area contributed by atoms with E-state index in [4.69, 9.17) is 16.3 Å². The summed E-state index contributed by atoms with van der Waals surface area (Å²) in [7, 11) is 0. The fourth-order valence-corrected chi connectivity index (χ4v) is 5.07. The molecule has 1 aliphatic rings. The second-order valence-corrected chi connectivity index (χ2v) is 9.69. The fraction of sp³-hybridized carbons (Fsp3) is 0.417. The molecule has 1 amide bonds. The smallest absolute Gasteiger partial charge is 0.309 e. The van der Waals surface area contributed by atoms with Gasteiger partial charge in [-0.05, 0) is 63.9 Å². The van der Waals surface area contributed by atoms with E-state index in [1.165, 1.54) is 11.8 Å². The van der Waals surface area contributed by atoms with Crippen LogP contribution in [0.5, 0.6) is 0 Å². The number of thioether (sulfide) groups is 1. The number of carbonyl (C=O) groups is 2. The average molecular weight is 515 g/mol. The van der Waals surface area contributed by atoms with E-state index in [0.717, 1.165) is 17.1 Å². The first-order valence-corrected chi connectivity index (χ1v) is 12.8. The van der Waals surface area contributed by atoms with E-state index in [1.54, 1.807) is 28.6 Å². The summed E-state index contributed by atoms with van der Waals surface area (Å²) in [5.41, 5.74) is 3.44. The number of amides is 1. The van der Waals surface area contributed by atoms with Crippen molar-refractivity contribution in [3.05, 3.63) is 58.1 Å². The molecule has 2 aromatic heterocycles. The highest BCUT2D eigenvalue weighted by atomic mass is 35.5. The van der Waals surface area contributed by atoms with Crippen molar-refractivity contribution in [2.75, 3.05) is 19.7 Å². The van der Waals surface area contributed by atoms with Gasteiger partial charge in [-0.25, -0.2) is 14.6 Å². The number of aromatic nitrogens is 5. The summed E-state index contributed by atoms with van der Waals surface area (Å²) >= 11 is 7.49. The summed E-state index contributed by atoms with van der Waals surface area (Å²) in [6.45, 7) is 6.92. The number of benzene rings is 1. The Morgan fingerprint density at radius 2 is 1.77 bits per heavy atom. The van der Waals surface area contributed by atoms with Gasteiger partial charge in [-0.1, -0.05) is 28.6 Å². The lowest BCUT2D eigenvalue weighted by Crippen LogP contribution is -2.41. The number of piperidine rings is 1. The maximum absolute atomic E-state index is 13.5. The summed E-state index contributed by atoms with van der Waals surface area (Å²) in [6, 6.07) is 9.11. The second-order valence-electron chi connectivity index (χ2n) is 8.31. The maximum Gasteiger partial charge on any atom is 0.309 e. The Labute approximate surface area is 213 Å². The SMILES string of the molecule is CCOC(=O)C1CCN(C(=O)c2nnn(-c3ccc(Cl)cc3)c2CSc2nc(C)cc(C)n2)CC1. The largest absolute Gasteiger partial charge is 0.466 e. The molecule has 0 spiro atoms. The normalized spacial score (nSPS) is 14.2. The summed E-state index contributed by atoms with van der Waals surface area (Å²) in [6.07, 6.45) is 1.13.